The van der Waals surface area contributed by atoms with E-state index in [4.69, 9.17) is 4.74 Å². The van der Waals surface area contributed by atoms with E-state index in [9.17, 15) is 5.11 Å². The first-order valence-electron chi connectivity index (χ1n) is 10.4. The zero-order valence-corrected chi connectivity index (χ0v) is 16.7. The Hall–Kier alpha value is -2.30. The Balaban J connectivity index is 1.60. The largest absolute Gasteiger partial charge is 0.497 e. The Morgan fingerprint density at radius 1 is 0.929 bits per heavy atom. The van der Waals surface area contributed by atoms with Gasteiger partial charge in [-0.25, -0.2) is 0 Å². The standard InChI is InChI=1S/C24H30N2O2/c1-28-22-12-10-19(11-13-22)24-16-20-8-4-5-9-23(20)26(24)18-21(27)17-25-14-6-2-3-7-15-25/h4-5,8-13,16,21,27H,2-3,6-7,14-15,17-18H2,1H3/t21-/m0/s1. The van der Waals surface area contributed by atoms with E-state index in [0.717, 1.165) is 36.6 Å². The molecule has 28 heavy (non-hydrogen) atoms. The zero-order valence-electron chi connectivity index (χ0n) is 16.7. The maximum Gasteiger partial charge on any atom is 0.118 e. The lowest BCUT2D eigenvalue weighted by Gasteiger charge is -2.24. The molecule has 1 saturated heterocycles. The molecule has 1 fully saturated rings. The molecule has 0 spiro atoms. The number of nitrogens with zero attached hydrogens (tertiary/aromatic N) is 2. The first-order chi connectivity index (χ1) is 13.7. The van der Waals surface area contributed by atoms with E-state index in [-0.39, 0.29) is 6.10 Å². The van der Waals surface area contributed by atoms with E-state index in [1.54, 1.807) is 7.11 Å². The second kappa shape index (κ2) is 8.80. The van der Waals surface area contributed by atoms with Gasteiger partial charge in [0, 0.05) is 23.1 Å². The Morgan fingerprint density at radius 2 is 1.64 bits per heavy atom. The van der Waals surface area contributed by atoms with E-state index in [0.29, 0.717) is 6.54 Å². The van der Waals surface area contributed by atoms with Gasteiger partial charge in [-0.15, -0.1) is 0 Å². The molecule has 0 amide bonds. The fourth-order valence-electron chi connectivity index (χ4n) is 4.29. The number of para-hydroxylation sites is 1. The Labute approximate surface area is 167 Å². The highest BCUT2D eigenvalue weighted by molar-refractivity contribution is 5.87. The molecule has 4 heteroatoms. The summed E-state index contributed by atoms with van der Waals surface area (Å²) < 4.78 is 7.56. The maximum absolute atomic E-state index is 10.9. The maximum atomic E-state index is 10.9. The van der Waals surface area contributed by atoms with Gasteiger partial charge < -0.3 is 19.3 Å². The normalized spacial score (nSPS) is 16.8. The summed E-state index contributed by atoms with van der Waals surface area (Å²) in [4.78, 5) is 2.43. The smallest absolute Gasteiger partial charge is 0.118 e. The number of β-amino-alcohol motifs (C(OH)–C–C–N with tert-alkyl or cyclic N) is 1. The van der Waals surface area contributed by atoms with Crippen molar-refractivity contribution in [3.8, 4) is 17.0 Å². The minimum atomic E-state index is -0.383. The van der Waals surface area contributed by atoms with Crippen LogP contribution in [-0.2, 0) is 6.54 Å². The highest BCUT2D eigenvalue weighted by Gasteiger charge is 2.17. The summed E-state index contributed by atoms with van der Waals surface area (Å²) in [6.07, 6.45) is 4.74. The van der Waals surface area contributed by atoms with Gasteiger partial charge in [0.15, 0.2) is 0 Å². The summed E-state index contributed by atoms with van der Waals surface area (Å²) in [6.45, 7) is 3.56. The van der Waals surface area contributed by atoms with Gasteiger partial charge in [0.2, 0.25) is 0 Å². The summed E-state index contributed by atoms with van der Waals surface area (Å²) in [6, 6.07) is 18.8. The zero-order chi connectivity index (χ0) is 19.3. The average molecular weight is 379 g/mol. The van der Waals surface area contributed by atoms with Crippen LogP contribution in [0.15, 0.2) is 54.6 Å². The molecule has 4 rings (SSSR count). The monoisotopic (exact) mass is 378 g/mol. The highest BCUT2D eigenvalue weighted by Crippen LogP contribution is 2.30. The van der Waals surface area contributed by atoms with Gasteiger partial charge in [-0.1, -0.05) is 31.0 Å². The van der Waals surface area contributed by atoms with Gasteiger partial charge in [0.1, 0.15) is 5.75 Å². The van der Waals surface area contributed by atoms with Crippen molar-refractivity contribution < 1.29 is 9.84 Å². The minimum absolute atomic E-state index is 0.383. The second-order valence-electron chi connectivity index (χ2n) is 7.80. The highest BCUT2D eigenvalue weighted by atomic mass is 16.5. The van der Waals surface area contributed by atoms with Crippen LogP contribution >= 0.6 is 0 Å². The number of hydrogen-bond donors (Lipinski definition) is 1. The summed E-state index contributed by atoms with van der Waals surface area (Å²) >= 11 is 0. The van der Waals surface area contributed by atoms with Crippen molar-refractivity contribution in [2.75, 3.05) is 26.7 Å². The molecule has 2 aromatic carbocycles. The predicted octanol–water partition coefficient (Wildman–Crippen LogP) is 4.55. The molecular formula is C24H30N2O2. The van der Waals surface area contributed by atoms with E-state index in [1.165, 1.54) is 36.6 Å². The molecule has 0 unspecified atom stereocenters. The Morgan fingerprint density at radius 3 is 2.36 bits per heavy atom. The van der Waals surface area contributed by atoms with Crippen molar-refractivity contribution in [2.24, 2.45) is 0 Å². The molecule has 1 aromatic heterocycles. The Kier molecular flexibility index (Phi) is 5.98. The molecule has 0 radical (unpaired) electrons. The molecule has 1 aliphatic heterocycles. The van der Waals surface area contributed by atoms with Crippen LogP contribution in [0, 0.1) is 0 Å². The molecule has 4 nitrogen and oxygen atoms in total. The van der Waals surface area contributed by atoms with Crippen LogP contribution in [0.4, 0.5) is 0 Å². The summed E-state index contributed by atoms with van der Waals surface area (Å²) in [5, 5.41) is 12.1. The van der Waals surface area contributed by atoms with Gasteiger partial charge in [0.05, 0.1) is 19.8 Å². The van der Waals surface area contributed by atoms with Crippen LogP contribution < -0.4 is 4.74 Å². The topological polar surface area (TPSA) is 37.6 Å². The van der Waals surface area contributed by atoms with Crippen molar-refractivity contribution in [1.29, 1.82) is 0 Å². The molecule has 1 aliphatic rings. The van der Waals surface area contributed by atoms with Crippen molar-refractivity contribution in [2.45, 2.75) is 38.3 Å². The Bertz CT molecular complexity index is 893. The number of aliphatic hydroxyl groups is 1. The average Bonchev–Trinajstić information content (AvgIpc) is 2.88. The van der Waals surface area contributed by atoms with Gasteiger partial charge in [-0.05, 0) is 67.9 Å². The van der Waals surface area contributed by atoms with Crippen molar-refractivity contribution in [3.63, 3.8) is 0 Å². The van der Waals surface area contributed by atoms with Crippen LogP contribution in [0.25, 0.3) is 22.2 Å². The number of benzene rings is 2. The lowest BCUT2D eigenvalue weighted by atomic mass is 10.1. The first kappa shape index (κ1) is 19.0. The number of aromatic nitrogens is 1. The third kappa shape index (κ3) is 4.23. The van der Waals surface area contributed by atoms with E-state index < -0.39 is 0 Å². The SMILES string of the molecule is COc1ccc(-c2cc3ccccc3n2C[C@@H](O)CN2CCCCCC2)cc1. The fraction of sp³-hybridized carbons (Fsp3) is 0.417. The lowest BCUT2D eigenvalue weighted by Crippen LogP contribution is -2.35. The predicted molar refractivity (Wildman–Crippen MR) is 115 cm³/mol. The van der Waals surface area contributed by atoms with Crippen molar-refractivity contribution in [1.82, 2.24) is 9.47 Å². The molecule has 3 aromatic rings. The van der Waals surface area contributed by atoms with Crippen LogP contribution in [0.5, 0.6) is 5.75 Å². The van der Waals surface area contributed by atoms with Crippen LogP contribution in [-0.4, -0.2) is 47.4 Å². The van der Waals surface area contributed by atoms with Gasteiger partial charge in [-0.3, -0.25) is 0 Å². The second-order valence-corrected chi connectivity index (χ2v) is 7.80. The van der Waals surface area contributed by atoms with Crippen molar-refractivity contribution >= 4 is 10.9 Å². The summed E-state index contributed by atoms with van der Waals surface area (Å²) in [5.41, 5.74) is 3.45. The van der Waals surface area contributed by atoms with E-state index in [1.807, 2.05) is 12.1 Å². The molecule has 0 bridgehead atoms. The molecule has 1 atom stereocenters. The van der Waals surface area contributed by atoms with Gasteiger partial charge >= 0.3 is 0 Å². The third-order valence-electron chi connectivity index (χ3n) is 5.76. The molecule has 148 valence electrons. The first-order valence-corrected chi connectivity index (χ1v) is 10.4. The number of hydrogen-bond acceptors (Lipinski definition) is 3. The number of ether oxygens (including phenoxy) is 1. The number of rotatable bonds is 6. The molecular weight excluding hydrogens is 348 g/mol. The molecule has 0 aliphatic carbocycles. The van der Waals surface area contributed by atoms with Crippen molar-refractivity contribution in [3.05, 3.63) is 54.6 Å². The minimum Gasteiger partial charge on any atom is -0.497 e. The number of aliphatic hydroxyl groups excluding tert-OH is 1. The molecule has 2 heterocycles. The van der Waals surface area contributed by atoms with Gasteiger partial charge in [-0.2, -0.15) is 0 Å². The summed E-state index contributed by atoms with van der Waals surface area (Å²) in [5.74, 6) is 0.854. The summed E-state index contributed by atoms with van der Waals surface area (Å²) in [7, 11) is 1.69. The third-order valence-corrected chi connectivity index (χ3v) is 5.76. The van der Waals surface area contributed by atoms with Crippen LogP contribution in [0.2, 0.25) is 0 Å². The fourth-order valence-corrected chi connectivity index (χ4v) is 4.29. The van der Waals surface area contributed by atoms with E-state index in [2.05, 4.69) is 51.9 Å². The van der Waals surface area contributed by atoms with Gasteiger partial charge in [0.25, 0.3) is 0 Å². The van der Waals surface area contributed by atoms with Crippen LogP contribution in [0.3, 0.4) is 0 Å². The molecule has 1 N–H and O–H groups in total. The lowest BCUT2D eigenvalue weighted by molar-refractivity contribution is 0.101. The molecule has 0 saturated carbocycles. The van der Waals surface area contributed by atoms with Crippen LogP contribution in [0.1, 0.15) is 25.7 Å². The number of likely N-dealkylation sites (tertiary alicyclic amines) is 1. The van der Waals surface area contributed by atoms with E-state index >= 15 is 0 Å². The number of fused-ring (bicyclic) bond motifs is 1. The quantitative estimate of drug-likeness (QED) is 0.684. The number of methoxy groups -OCH3 is 1.